The lowest BCUT2D eigenvalue weighted by atomic mass is 9.98. The molecular formula is C10H16NO5. The Kier molecular flexibility index (Phi) is 5.49. The third-order valence-corrected chi connectivity index (χ3v) is 1.42. The van der Waals surface area contributed by atoms with Crippen molar-refractivity contribution < 1.29 is 23.9 Å². The van der Waals surface area contributed by atoms with Gasteiger partial charge in [0.05, 0.1) is 12.0 Å². The summed E-state index contributed by atoms with van der Waals surface area (Å²) >= 11 is 0. The number of esters is 1. The summed E-state index contributed by atoms with van der Waals surface area (Å²) in [6, 6.07) is 0. The molecule has 0 heterocycles. The third-order valence-electron chi connectivity index (χ3n) is 1.42. The zero-order valence-electron chi connectivity index (χ0n) is 9.66. The van der Waals surface area contributed by atoms with E-state index in [2.05, 4.69) is 21.7 Å². The van der Waals surface area contributed by atoms with Crippen LogP contribution >= 0.6 is 0 Å². The molecule has 0 saturated carbocycles. The van der Waals surface area contributed by atoms with E-state index in [9.17, 15) is 14.4 Å². The van der Waals surface area contributed by atoms with Gasteiger partial charge in [-0.15, -0.1) is 0 Å². The first-order valence-electron chi connectivity index (χ1n) is 4.66. The number of rotatable bonds is 4. The van der Waals surface area contributed by atoms with Crippen LogP contribution in [0.15, 0.2) is 0 Å². The summed E-state index contributed by atoms with van der Waals surface area (Å²) in [6.45, 7) is 7.39. The highest BCUT2D eigenvalue weighted by Crippen LogP contribution is 2.14. The average Bonchev–Trinajstić information content (AvgIpc) is 2.13. The molecule has 91 valence electrons. The van der Waals surface area contributed by atoms with E-state index in [0.29, 0.717) is 0 Å². The van der Waals surface area contributed by atoms with Gasteiger partial charge in [-0.05, 0) is 20.8 Å². The second-order valence-electron chi connectivity index (χ2n) is 4.12. The highest BCUT2D eigenvalue weighted by molar-refractivity contribution is 5.87. The number of hydrogen-bond acceptors (Lipinski definition) is 5. The molecule has 0 bridgehead atoms. The van der Waals surface area contributed by atoms with Gasteiger partial charge in [0.25, 0.3) is 0 Å². The lowest BCUT2D eigenvalue weighted by molar-refractivity contribution is -0.161. The van der Waals surface area contributed by atoms with E-state index in [1.54, 1.807) is 20.8 Å². The van der Waals surface area contributed by atoms with Gasteiger partial charge in [0.1, 0.15) is 0 Å². The molecule has 6 nitrogen and oxygen atoms in total. The fourth-order valence-electron chi connectivity index (χ4n) is 0.575. The number of carbonyl (C=O) groups is 3. The Morgan fingerprint density at radius 2 is 1.75 bits per heavy atom. The normalized spacial score (nSPS) is 10.5. The van der Waals surface area contributed by atoms with E-state index in [0.717, 1.165) is 0 Å². The Hall–Kier alpha value is -1.59. The van der Waals surface area contributed by atoms with Gasteiger partial charge in [0.15, 0.2) is 5.78 Å². The Labute approximate surface area is 94.3 Å². The largest absolute Gasteiger partial charge is 0.427 e. The minimum absolute atomic E-state index is 0.216. The Balaban J connectivity index is 3.71. The van der Waals surface area contributed by atoms with E-state index >= 15 is 0 Å². The maximum atomic E-state index is 11.2. The van der Waals surface area contributed by atoms with Gasteiger partial charge in [-0.3, -0.25) is 9.59 Å². The Morgan fingerprint density at radius 1 is 1.19 bits per heavy atom. The minimum atomic E-state index is -0.835. The van der Waals surface area contributed by atoms with Crippen LogP contribution in [-0.2, 0) is 19.1 Å². The van der Waals surface area contributed by atoms with Gasteiger partial charge in [-0.25, -0.2) is 4.79 Å². The zero-order chi connectivity index (χ0) is 12.8. The Bertz CT molecular complexity index is 279. The second kappa shape index (κ2) is 6.09. The number of amides is 1. The number of alkyl carbamates (subject to hydrolysis) is 1. The van der Waals surface area contributed by atoms with Crippen molar-refractivity contribution >= 4 is 17.8 Å². The zero-order valence-corrected chi connectivity index (χ0v) is 9.66. The molecule has 0 unspecified atom stereocenters. The smallest absolute Gasteiger partial charge is 0.410 e. The predicted molar refractivity (Wildman–Crippen MR) is 55.3 cm³/mol. The summed E-state index contributed by atoms with van der Waals surface area (Å²) in [4.78, 5) is 32.5. The fraction of sp³-hybridized carbons (Fsp3) is 0.600. The summed E-state index contributed by atoms with van der Waals surface area (Å²) in [5.74, 6) is -0.919. The summed E-state index contributed by atoms with van der Waals surface area (Å²) in [5, 5.41) is 2.13. The molecule has 1 N–H and O–H groups in total. The highest BCUT2D eigenvalue weighted by Gasteiger charge is 2.23. The van der Waals surface area contributed by atoms with Crippen LogP contribution in [0.5, 0.6) is 0 Å². The van der Waals surface area contributed by atoms with Gasteiger partial charge in [-0.1, -0.05) is 0 Å². The molecule has 0 spiro atoms. The van der Waals surface area contributed by atoms with Gasteiger partial charge in [0.2, 0.25) is 6.79 Å². The molecule has 0 aliphatic heterocycles. The van der Waals surface area contributed by atoms with Crippen molar-refractivity contribution in [3.8, 4) is 0 Å². The van der Waals surface area contributed by atoms with Crippen molar-refractivity contribution in [1.29, 1.82) is 0 Å². The van der Waals surface area contributed by atoms with Crippen LogP contribution in [-0.4, -0.2) is 31.2 Å². The van der Waals surface area contributed by atoms with Crippen LogP contribution in [0.25, 0.3) is 0 Å². The number of ether oxygens (including phenoxy) is 2. The van der Waals surface area contributed by atoms with Gasteiger partial charge < -0.3 is 14.8 Å². The van der Waals surface area contributed by atoms with Crippen LogP contribution in [0.1, 0.15) is 20.8 Å². The average molecular weight is 230 g/mol. The first-order chi connectivity index (χ1) is 7.23. The quantitative estimate of drug-likeness (QED) is 0.566. The minimum Gasteiger partial charge on any atom is -0.427 e. The molecule has 0 fully saturated rings. The lowest BCUT2D eigenvalue weighted by Crippen LogP contribution is -2.31. The van der Waals surface area contributed by atoms with E-state index in [1.165, 1.54) is 0 Å². The summed E-state index contributed by atoms with van der Waals surface area (Å²) in [7, 11) is 0. The van der Waals surface area contributed by atoms with Crippen LogP contribution < -0.4 is 5.32 Å². The molecule has 0 atom stereocenters. The summed E-state index contributed by atoms with van der Waals surface area (Å²) < 4.78 is 9.15. The van der Waals surface area contributed by atoms with E-state index in [4.69, 9.17) is 0 Å². The van der Waals surface area contributed by atoms with Gasteiger partial charge in [-0.2, -0.15) is 0 Å². The first kappa shape index (κ1) is 14.4. The molecule has 1 amide bonds. The molecule has 0 aliphatic rings. The number of carbonyl (C=O) groups excluding carboxylic acids is 3. The SMILES string of the molecule is [CH2]C(=O)CNC(=O)OCOC(=O)C(C)(C)C. The fourth-order valence-corrected chi connectivity index (χ4v) is 0.575. The van der Waals surface area contributed by atoms with Gasteiger partial charge in [0, 0.05) is 6.92 Å². The van der Waals surface area contributed by atoms with Crippen molar-refractivity contribution in [3.05, 3.63) is 6.92 Å². The number of nitrogens with one attached hydrogen (secondary N) is 1. The molecule has 0 rings (SSSR count). The number of Topliss-reactive ketones (excluding diaryl/α,β-unsaturated/α-hetero) is 1. The monoisotopic (exact) mass is 230 g/mol. The molecule has 6 heteroatoms. The standard InChI is InChI=1S/C10H16NO5/c1-7(12)5-11-9(14)16-6-15-8(13)10(2,3)4/h1,5-6H2,2-4H3,(H,11,14). The van der Waals surface area contributed by atoms with E-state index in [1.807, 2.05) is 0 Å². The first-order valence-corrected chi connectivity index (χ1v) is 4.66. The maximum absolute atomic E-state index is 11.2. The topological polar surface area (TPSA) is 81.7 Å². The van der Waals surface area contributed by atoms with E-state index < -0.39 is 30.1 Å². The molecular weight excluding hydrogens is 214 g/mol. The highest BCUT2D eigenvalue weighted by atomic mass is 16.7. The lowest BCUT2D eigenvalue weighted by Gasteiger charge is -2.16. The van der Waals surface area contributed by atoms with E-state index in [-0.39, 0.29) is 6.54 Å². The third kappa shape index (κ3) is 6.80. The Morgan fingerprint density at radius 3 is 2.19 bits per heavy atom. The van der Waals surface area contributed by atoms with Crippen molar-refractivity contribution in [2.24, 2.45) is 5.41 Å². The molecule has 1 radical (unpaired) electrons. The van der Waals surface area contributed by atoms with Crippen LogP contribution in [0, 0.1) is 12.3 Å². The van der Waals surface area contributed by atoms with Crippen molar-refractivity contribution in [1.82, 2.24) is 5.32 Å². The van der Waals surface area contributed by atoms with Crippen molar-refractivity contribution in [2.45, 2.75) is 20.8 Å². The molecule has 16 heavy (non-hydrogen) atoms. The van der Waals surface area contributed by atoms with Gasteiger partial charge >= 0.3 is 12.1 Å². The van der Waals surface area contributed by atoms with Crippen LogP contribution in [0.4, 0.5) is 4.79 Å². The van der Waals surface area contributed by atoms with Crippen LogP contribution in [0.3, 0.4) is 0 Å². The molecule has 0 aliphatic carbocycles. The molecule has 0 saturated heterocycles. The molecule has 0 aromatic rings. The van der Waals surface area contributed by atoms with Crippen molar-refractivity contribution in [3.63, 3.8) is 0 Å². The maximum Gasteiger partial charge on any atom is 0.410 e. The predicted octanol–water partition coefficient (Wildman–Crippen LogP) is 0.663. The number of hydrogen-bond donors (Lipinski definition) is 1. The molecule has 0 aromatic heterocycles. The molecule has 0 aromatic carbocycles. The summed E-state index contributed by atoms with van der Waals surface area (Å²) in [5.41, 5.74) is -0.650. The van der Waals surface area contributed by atoms with Crippen molar-refractivity contribution in [2.75, 3.05) is 13.3 Å². The second-order valence-corrected chi connectivity index (χ2v) is 4.12. The van der Waals surface area contributed by atoms with Crippen LogP contribution in [0.2, 0.25) is 0 Å². The number of ketones is 1. The summed E-state index contributed by atoms with van der Waals surface area (Å²) in [6.07, 6.45) is -0.835.